The second-order valence-corrected chi connectivity index (χ2v) is 5.17. The van der Waals surface area contributed by atoms with Gasteiger partial charge in [0, 0.05) is 31.7 Å². The highest BCUT2D eigenvalue weighted by atomic mass is 16.1. The van der Waals surface area contributed by atoms with Crippen molar-refractivity contribution < 1.29 is 4.79 Å². The van der Waals surface area contributed by atoms with Gasteiger partial charge in [-0.05, 0) is 45.1 Å². The lowest BCUT2D eigenvalue weighted by atomic mass is 10.1. The molecule has 0 atom stereocenters. The molecule has 1 aromatic rings. The van der Waals surface area contributed by atoms with Gasteiger partial charge in [-0.3, -0.25) is 4.79 Å². The molecule has 0 aromatic heterocycles. The number of likely N-dealkylation sites (N-methyl/N-ethyl adjacent to an activating group) is 1. The van der Waals surface area contributed by atoms with Crippen LogP contribution in [0.15, 0.2) is 18.2 Å². The molecule has 1 amide bonds. The van der Waals surface area contributed by atoms with Crippen LogP contribution >= 0.6 is 0 Å². The molecule has 0 spiro atoms. The first-order valence-electron chi connectivity index (χ1n) is 6.71. The van der Waals surface area contributed by atoms with E-state index in [2.05, 4.69) is 15.5 Å². The summed E-state index contributed by atoms with van der Waals surface area (Å²) in [6, 6.07) is 6.08. The van der Waals surface area contributed by atoms with Crippen LogP contribution in [0.2, 0.25) is 0 Å². The smallest absolute Gasteiger partial charge is 0.225 e. The van der Waals surface area contributed by atoms with Crippen LogP contribution < -0.4 is 10.6 Å². The number of aryl methyl sites for hydroxylation is 2. The number of hydrogen-bond acceptors (Lipinski definition) is 3. The number of amides is 1. The molecule has 1 aromatic carbocycles. The van der Waals surface area contributed by atoms with E-state index in [-0.39, 0.29) is 5.91 Å². The minimum Gasteiger partial charge on any atom is -0.326 e. The molecule has 106 valence electrons. The zero-order valence-electron chi connectivity index (χ0n) is 12.4. The van der Waals surface area contributed by atoms with Crippen LogP contribution in [-0.2, 0) is 4.79 Å². The highest BCUT2D eigenvalue weighted by Gasteiger charge is 2.04. The Hall–Kier alpha value is -1.39. The third-order valence-electron chi connectivity index (χ3n) is 2.93. The number of hydrogen-bond donors (Lipinski definition) is 2. The Morgan fingerprint density at radius 3 is 2.63 bits per heavy atom. The predicted octanol–water partition coefficient (Wildman–Crippen LogP) is 1.78. The average Bonchev–Trinajstić information content (AvgIpc) is 2.33. The Morgan fingerprint density at radius 2 is 1.95 bits per heavy atom. The summed E-state index contributed by atoms with van der Waals surface area (Å²) in [4.78, 5) is 13.9. The summed E-state index contributed by atoms with van der Waals surface area (Å²) >= 11 is 0. The second-order valence-electron chi connectivity index (χ2n) is 5.17. The molecule has 19 heavy (non-hydrogen) atoms. The Kier molecular flexibility index (Phi) is 6.53. The summed E-state index contributed by atoms with van der Waals surface area (Å²) in [7, 11) is 4.07. The van der Waals surface area contributed by atoms with Crippen LogP contribution in [0.3, 0.4) is 0 Å². The fourth-order valence-corrected chi connectivity index (χ4v) is 1.71. The van der Waals surface area contributed by atoms with Gasteiger partial charge in [0.1, 0.15) is 0 Å². The first-order chi connectivity index (χ1) is 8.99. The van der Waals surface area contributed by atoms with E-state index in [9.17, 15) is 4.79 Å². The third kappa shape index (κ3) is 6.36. The van der Waals surface area contributed by atoms with Crippen molar-refractivity contribution in [3.8, 4) is 0 Å². The van der Waals surface area contributed by atoms with Gasteiger partial charge >= 0.3 is 0 Å². The molecule has 0 bridgehead atoms. The Labute approximate surface area is 116 Å². The summed E-state index contributed by atoms with van der Waals surface area (Å²) in [5.74, 6) is 0.0612. The van der Waals surface area contributed by atoms with Crippen molar-refractivity contribution >= 4 is 11.6 Å². The Bertz CT molecular complexity index is 416. The first kappa shape index (κ1) is 15.7. The summed E-state index contributed by atoms with van der Waals surface area (Å²) in [5.41, 5.74) is 3.17. The zero-order valence-corrected chi connectivity index (χ0v) is 12.4. The molecular weight excluding hydrogens is 238 g/mol. The fourth-order valence-electron chi connectivity index (χ4n) is 1.71. The standard InChI is InChI=1S/C15H25N3O/c1-12-5-6-13(2)14(11-12)17-15(19)7-8-16-9-10-18(3)4/h5-6,11,16H,7-10H2,1-4H3,(H,17,19). The van der Waals surface area contributed by atoms with Crippen LogP contribution in [0.25, 0.3) is 0 Å². The van der Waals surface area contributed by atoms with E-state index in [1.165, 1.54) is 0 Å². The largest absolute Gasteiger partial charge is 0.326 e. The minimum atomic E-state index is 0.0612. The number of carbonyl (C=O) groups excluding carboxylic acids is 1. The van der Waals surface area contributed by atoms with Gasteiger partial charge < -0.3 is 15.5 Å². The molecule has 0 unspecified atom stereocenters. The maximum Gasteiger partial charge on any atom is 0.225 e. The van der Waals surface area contributed by atoms with Crippen molar-refractivity contribution in [2.75, 3.05) is 39.0 Å². The SMILES string of the molecule is Cc1ccc(C)c(NC(=O)CCNCCN(C)C)c1. The molecular formula is C15H25N3O. The van der Waals surface area contributed by atoms with Gasteiger partial charge in [0.05, 0.1) is 0 Å². The monoisotopic (exact) mass is 263 g/mol. The molecule has 4 heteroatoms. The zero-order chi connectivity index (χ0) is 14.3. The van der Waals surface area contributed by atoms with Crippen molar-refractivity contribution in [2.24, 2.45) is 0 Å². The summed E-state index contributed by atoms with van der Waals surface area (Å²) < 4.78 is 0. The molecule has 0 saturated heterocycles. The van der Waals surface area contributed by atoms with Crippen LogP contribution in [0.1, 0.15) is 17.5 Å². The quantitative estimate of drug-likeness (QED) is 0.737. The van der Waals surface area contributed by atoms with Crippen LogP contribution in [0.4, 0.5) is 5.69 Å². The number of benzene rings is 1. The normalized spacial score (nSPS) is 10.8. The van der Waals surface area contributed by atoms with Gasteiger partial charge in [-0.25, -0.2) is 0 Å². The lowest BCUT2D eigenvalue weighted by Crippen LogP contribution is -2.29. The summed E-state index contributed by atoms with van der Waals surface area (Å²) in [6.45, 7) is 6.63. The van der Waals surface area contributed by atoms with E-state index in [1.807, 2.05) is 46.1 Å². The minimum absolute atomic E-state index is 0.0612. The maximum atomic E-state index is 11.8. The predicted molar refractivity (Wildman–Crippen MR) is 80.6 cm³/mol. The number of rotatable bonds is 7. The average molecular weight is 263 g/mol. The van der Waals surface area contributed by atoms with Crippen molar-refractivity contribution in [3.05, 3.63) is 29.3 Å². The van der Waals surface area contributed by atoms with Gasteiger partial charge in [-0.15, -0.1) is 0 Å². The van der Waals surface area contributed by atoms with E-state index in [0.29, 0.717) is 13.0 Å². The Balaban J connectivity index is 2.29. The van der Waals surface area contributed by atoms with E-state index < -0.39 is 0 Å². The Morgan fingerprint density at radius 1 is 1.21 bits per heavy atom. The molecule has 0 fully saturated rings. The van der Waals surface area contributed by atoms with Gasteiger partial charge in [0.2, 0.25) is 5.91 Å². The molecule has 0 radical (unpaired) electrons. The van der Waals surface area contributed by atoms with E-state index in [1.54, 1.807) is 0 Å². The van der Waals surface area contributed by atoms with E-state index in [0.717, 1.165) is 29.9 Å². The number of nitrogens with one attached hydrogen (secondary N) is 2. The lowest BCUT2D eigenvalue weighted by Gasteiger charge is -2.11. The molecule has 2 N–H and O–H groups in total. The molecule has 0 heterocycles. The van der Waals surface area contributed by atoms with Crippen LogP contribution in [0, 0.1) is 13.8 Å². The number of carbonyl (C=O) groups is 1. The van der Waals surface area contributed by atoms with E-state index >= 15 is 0 Å². The molecule has 1 rings (SSSR count). The lowest BCUT2D eigenvalue weighted by molar-refractivity contribution is -0.116. The highest BCUT2D eigenvalue weighted by molar-refractivity contribution is 5.91. The van der Waals surface area contributed by atoms with Gasteiger partial charge in [-0.1, -0.05) is 12.1 Å². The molecule has 0 aliphatic rings. The third-order valence-corrected chi connectivity index (χ3v) is 2.93. The molecule has 4 nitrogen and oxygen atoms in total. The van der Waals surface area contributed by atoms with Crippen LogP contribution in [0.5, 0.6) is 0 Å². The molecule has 0 saturated carbocycles. The summed E-state index contributed by atoms with van der Waals surface area (Å²) in [6.07, 6.45) is 0.501. The van der Waals surface area contributed by atoms with Gasteiger partial charge in [0.15, 0.2) is 0 Å². The number of anilines is 1. The van der Waals surface area contributed by atoms with Crippen LogP contribution in [-0.4, -0.2) is 44.5 Å². The second kappa shape index (κ2) is 7.92. The van der Waals surface area contributed by atoms with Gasteiger partial charge in [-0.2, -0.15) is 0 Å². The maximum absolute atomic E-state index is 11.8. The molecule has 0 aliphatic carbocycles. The molecule has 0 aliphatic heterocycles. The highest BCUT2D eigenvalue weighted by Crippen LogP contribution is 2.16. The summed E-state index contributed by atoms with van der Waals surface area (Å²) in [5, 5.41) is 6.22. The van der Waals surface area contributed by atoms with Gasteiger partial charge in [0.25, 0.3) is 0 Å². The van der Waals surface area contributed by atoms with Crippen molar-refractivity contribution in [2.45, 2.75) is 20.3 Å². The number of nitrogens with zero attached hydrogens (tertiary/aromatic N) is 1. The van der Waals surface area contributed by atoms with Crippen molar-refractivity contribution in [1.82, 2.24) is 10.2 Å². The van der Waals surface area contributed by atoms with Crippen molar-refractivity contribution in [3.63, 3.8) is 0 Å². The van der Waals surface area contributed by atoms with Crippen molar-refractivity contribution in [1.29, 1.82) is 0 Å². The topological polar surface area (TPSA) is 44.4 Å². The fraction of sp³-hybridized carbons (Fsp3) is 0.533. The first-order valence-corrected chi connectivity index (χ1v) is 6.71. The van der Waals surface area contributed by atoms with E-state index in [4.69, 9.17) is 0 Å².